The molecule has 1 aromatic heterocycles. The van der Waals surface area contributed by atoms with Gasteiger partial charge in [0.2, 0.25) is 0 Å². The van der Waals surface area contributed by atoms with Crippen molar-refractivity contribution in [3.8, 4) is 22.6 Å². The van der Waals surface area contributed by atoms with E-state index >= 15 is 0 Å². The summed E-state index contributed by atoms with van der Waals surface area (Å²) in [6.45, 7) is 8.16. The van der Waals surface area contributed by atoms with Crippen LogP contribution in [-0.4, -0.2) is 18.2 Å². The quantitative estimate of drug-likeness (QED) is 0.644. The first-order valence-corrected chi connectivity index (χ1v) is 9.51. The average molecular weight is 390 g/mol. The van der Waals surface area contributed by atoms with Crippen molar-refractivity contribution in [2.24, 2.45) is 0 Å². The van der Waals surface area contributed by atoms with Crippen LogP contribution in [-0.2, 0) is 6.54 Å². The molecule has 0 radical (unpaired) electrons. The van der Waals surface area contributed by atoms with Crippen molar-refractivity contribution in [2.45, 2.75) is 34.2 Å². The molecule has 1 N–H and O–H groups in total. The monoisotopic (exact) mass is 390 g/mol. The van der Waals surface area contributed by atoms with Crippen molar-refractivity contribution in [1.82, 2.24) is 10.3 Å². The number of carbonyl (C=O) groups is 1. The van der Waals surface area contributed by atoms with Crippen LogP contribution in [0.5, 0.6) is 11.5 Å². The third-order valence-corrected chi connectivity index (χ3v) is 4.80. The Morgan fingerprint density at radius 3 is 2.38 bits per heavy atom. The van der Waals surface area contributed by atoms with Crippen molar-refractivity contribution in [1.29, 1.82) is 0 Å². The molecule has 0 atom stereocenters. The number of aromatic nitrogens is 1. The molecule has 0 aliphatic heterocycles. The molecule has 0 unspecified atom stereocenters. The second kappa shape index (κ2) is 8.78. The third-order valence-electron chi connectivity index (χ3n) is 4.80. The highest BCUT2D eigenvalue weighted by molar-refractivity contribution is 5.72. The standard InChI is InChI=1S/C24H26N2O3/c1-15-6-8-19(9-7-15)20-10-16(2)11-21(12-20)29-24(27)26-14-22-18(4)23(28-5)17(3)13-25-22/h6-13H,14H2,1-5H3,(H,26,27). The Hall–Kier alpha value is -3.34. The molecule has 0 saturated heterocycles. The number of nitrogens with zero attached hydrogens (tertiary/aromatic N) is 1. The minimum absolute atomic E-state index is 0.262. The maximum Gasteiger partial charge on any atom is 0.412 e. The first kappa shape index (κ1) is 20.4. The highest BCUT2D eigenvalue weighted by Crippen LogP contribution is 2.27. The molecule has 0 fully saturated rings. The summed E-state index contributed by atoms with van der Waals surface area (Å²) in [6.07, 6.45) is 1.22. The van der Waals surface area contributed by atoms with E-state index in [-0.39, 0.29) is 6.54 Å². The summed E-state index contributed by atoms with van der Waals surface area (Å²) in [5, 5.41) is 2.77. The lowest BCUT2D eigenvalue weighted by molar-refractivity contribution is 0.200. The van der Waals surface area contributed by atoms with Gasteiger partial charge in [0.05, 0.1) is 19.3 Å². The van der Waals surface area contributed by atoms with Crippen LogP contribution < -0.4 is 14.8 Å². The van der Waals surface area contributed by atoms with E-state index < -0.39 is 6.09 Å². The average Bonchev–Trinajstić information content (AvgIpc) is 2.68. The van der Waals surface area contributed by atoms with Gasteiger partial charge < -0.3 is 14.8 Å². The molecule has 1 heterocycles. The molecular weight excluding hydrogens is 364 g/mol. The maximum atomic E-state index is 12.3. The van der Waals surface area contributed by atoms with E-state index in [0.717, 1.165) is 39.3 Å². The Labute approximate surface area is 171 Å². The Kier molecular flexibility index (Phi) is 6.17. The molecule has 1 amide bonds. The number of nitrogens with one attached hydrogen (secondary N) is 1. The van der Waals surface area contributed by atoms with Crippen LogP contribution in [0.2, 0.25) is 0 Å². The fourth-order valence-corrected chi connectivity index (χ4v) is 3.27. The van der Waals surface area contributed by atoms with Crippen molar-refractivity contribution < 1.29 is 14.3 Å². The summed E-state index contributed by atoms with van der Waals surface area (Å²) in [4.78, 5) is 16.7. The second-order valence-electron chi connectivity index (χ2n) is 7.19. The molecule has 0 bridgehead atoms. The summed E-state index contributed by atoms with van der Waals surface area (Å²) in [6, 6.07) is 14.0. The summed E-state index contributed by atoms with van der Waals surface area (Å²) >= 11 is 0. The van der Waals surface area contributed by atoms with Gasteiger partial charge >= 0.3 is 6.09 Å². The van der Waals surface area contributed by atoms with Gasteiger partial charge in [0.25, 0.3) is 0 Å². The summed E-state index contributed by atoms with van der Waals surface area (Å²) in [5.74, 6) is 1.29. The van der Waals surface area contributed by atoms with Crippen molar-refractivity contribution in [3.63, 3.8) is 0 Å². The molecule has 5 heteroatoms. The van der Waals surface area contributed by atoms with E-state index in [1.165, 1.54) is 5.56 Å². The van der Waals surface area contributed by atoms with Crippen LogP contribution in [0, 0.1) is 27.7 Å². The summed E-state index contributed by atoms with van der Waals surface area (Å²) < 4.78 is 10.9. The van der Waals surface area contributed by atoms with E-state index in [1.807, 2.05) is 32.9 Å². The van der Waals surface area contributed by atoms with Crippen LogP contribution in [0.15, 0.2) is 48.7 Å². The molecule has 3 aromatic rings. The lowest BCUT2D eigenvalue weighted by Gasteiger charge is -2.13. The number of pyridine rings is 1. The zero-order valence-electron chi connectivity index (χ0n) is 17.5. The summed E-state index contributed by atoms with van der Waals surface area (Å²) in [5.41, 5.74) is 6.92. The van der Waals surface area contributed by atoms with E-state index in [1.54, 1.807) is 13.3 Å². The normalized spacial score (nSPS) is 10.5. The maximum absolute atomic E-state index is 12.3. The van der Waals surface area contributed by atoms with E-state index in [4.69, 9.17) is 9.47 Å². The third kappa shape index (κ3) is 4.93. The predicted octanol–water partition coefficient (Wildman–Crippen LogP) is 5.28. The molecule has 29 heavy (non-hydrogen) atoms. The molecular formula is C24H26N2O3. The zero-order chi connectivity index (χ0) is 21.0. The van der Waals surface area contributed by atoms with Gasteiger partial charge in [-0.1, -0.05) is 35.9 Å². The highest BCUT2D eigenvalue weighted by atomic mass is 16.6. The Bertz CT molecular complexity index is 1030. The fourth-order valence-electron chi connectivity index (χ4n) is 3.27. The molecule has 5 nitrogen and oxygen atoms in total. The number of hydrogen-bond donors (Lipinski definition) is 1. The van der Waals surface area contributed by atoms with Crippen LogP contribution in [0.3, 0.4) is 0 Å². The van der Waals surface area contributed by atoms with Crippen LogP contribution in [0.1, 0.15) is 27.9 Å². The molecule has 0 aliphatic carbocycles. The van der Waals surface area contributed by atoms with Gasteiger partial charge in [-0.25, -0.2) is 4.79 Å². The van der Waals surface area contributed by atoms with Gasteiger partial charge in [0, 0.05) is 17.3 Å². The molecule has 150 valence electrons. The lowest BCUT2D eigenvalue weighted by Crippen LogP contribution is -2.27. The topological polar surface area (TPSA) is 60.5 Å². The highest BCUT2D eigenvalue weighted by Gasteiger charge is 2.12. The Morgan fingerprint density at radius 2 is 1.69 bits per heavy atom. The first-order chi connectivity index (χ1) is 13.9. The number of hydrogen-bond acceptors (Lipinski definition) is 4. The SMILES string of the molecule is COc1c(C)cnc(CNC(=O)Oc2cc(C)cc(-c3ccc(C)cc3)c2)c1C. The lowest BCUT2D eigenvalue weighted by atomic mass is 10.0. The minimum Gasteiger partial charge on any atom is -0.496 e. The zero-order valence-corrected chi connectivity index (χ0v) is 17.5. The smallest absolute Gasteiger partial charge is 0.412 e. The van der Waals surface area contributed by atoms with E-state index in [9.17, 15) is 4.79 Å². The van der Waals surface area contributed by atoms with Crippen molar-refractivity contribution in [3.05, 3.63) is 76.6 Å². The molecule has 0 saturated carbocycles. The number of benzene rings is 2. The van der Waals surface area contributed by atoms with Gasteiger partial charge in [0.1, 0.15) is 11.5 Å². The van der Waals surface area contributed by atoms with Crippen LogP contribution in [0.25, 0.3) is 11.1 Å². The number of carbonyl (C=O) groups excluding carboxylic acids is 1. The molecule has 2 aromatic carbocycles. The van der Waals surface area contributed by atoms with E-state index in [2.05, 4.69) is 47.6 Å². The van der Waals surface area contributed by atoms with Gasteiger partial charge in [-0.3, -0.25) is 4.98 Å². The minimum atomic E-state index is -0.522. The number of rotatable bonds is 5. The molecule has 0 aliphatic rings. The van der Waals surface area contributed by atoms with Gasteiger partial charge in [-0.2, -0.15) is 0 Å². The largest absolute Gasteiger partial charge is 0.496 e. The van der Waals surface area contributed by atoms with Crippen LogP contribution in [0.4, 0.5) is 4.79 Å². The van der Waals surface area contributed by atoms with Crippen molar-refractivity contribution >= 4 is 6.09 Å². The Balaban J connectivity index is 1.70. The van der Waals surface area contributed by atoms with E-state index in [0.29, 0.717) is 5.75 Å². The van der Waals surface area contributed by atoms with Gasteiger partial charge in [-0.05, 0) is 56.5 Å². The van der Waals surface area contributed by atoms with Gasteiger partial charge in [0.15, 0.2) is 0 Å². The summed E-state index contributed by atoms with van der Waals surface area (Å²) in [7, 11) is 1.63. The number of aryl methyl sites for hydroxylation is 3. The number of methoxy groups -OCH3 is 1. The number of amides is 1. The molecule has 3 rings (SSSR count). The number of ether oxygens (including phenoxy) is 2. The molecule has 0 spiro atoms. The first-order valence-electron chi connectivity index (χ1n) is 9.51. The Morgan fingerprint density at radius 1 is 0.966 bits per heavy atom. The van der Waals surface area contributed by atoms with Crippen LogP contribution >= 0.6 is 0 Å². The second-order valence-corrected chi connectivity index (χ2v) is 7.19. The fraction of sp³-hybridized carbons (Fsp3) is 0.250. The van der Waals surface area contributed by atoms with Crippen molar-refractivity contribution in [2.75, 3.05) is 7.11 Å². The van der Waals surface area contributed by atoms with Gasteiger partial charge in [-0.15, -0.1) is 0 Å². The predicted molar refractivity (Wildman–Crippen MR) is 114 cm³/mol.